The lowest BCUT2D eigenvalue weighted by atomic mass is 10.0. The SMILES string of the molecule is COc1ccc(CC(NC(=O)OC(C)(C)C)C(=O)O)cc1COc1ccc(C(C)C)cc1. The maximum atomic E-state index is 12.0. The second kappa shape index (κ2) is 10.9. The van der Waals surface area contributed by atoms with Crippen molar-refractivity contribution >= 4 is 12.1 Å². The number of carbonyl (C=O) groups is 2. The van der Waals surface area contributed by atoms with Crippen molar-refractivity contribution in [1.29, 1.82) is 0 Å². The number of benzene rings is 2. The van der Waals surface area contributed by atoms with Gasteiger partial charge in [0.25, 0.3) is 0 Å². The van der Waals surface area contributed by atoms with Crippen LogP contribution in [0.25, 0.3) is 0 Å². The van der Waals surface area contributed by atoms with E-state index >= 15 is 0 Å². The van der Waals surface area contributed by atoms with Crippen LogP contribution < -0.4 is 14.8 Å². The molecule has 0 aromatic heterocycles. The lowest BCUT2D eigenvalue weighted by Gasteiger charge is -2.22. The molecule has 2 aromatic carbocycles. The zero-order chi connectivity index (χ0) is 23.9. The number of aliphatic carboxylic acids is 1. The molecule has 2 rings (SSSR count). The van der Waals surface area contributed by atoms with Crippen molar-refractivity contribution < 1.29 is 28.9 Å². The van der Waals surface area contributed by atoms with Crippen LogP contribution in [-0.2, 0) is 22.6 Å². The Balaban J connectivity index is 2.11. The van der Waals surface area contributed by atoms with Crippen LogP contribution in [0.15, 0.2) is 42.5 Å². The molecule has 0 spiro atoms. The van der Waals surface area contributed by atoms with Gasteiger partial charge in [0.15, 0.2) is 0 Å². The minimum absolute atomic E-state index is 0.0919. The van der Waals surface area contributed by atoms with Crippen LogP contribution in [0.4, 0.5) is 4.79 Å². The van der Waals surface area contributed by atoms with Gasteiger partial charge in [0.1, 0.15) is 29.7 Å². The Labute approximate surface area is 189 Å². The van der Waals surface area contributed by atoms with Gasteiger partial charge >= 0.3 is 12.1 Å². The number of carboxylic acids is 1. The number of hydrogen-bond acceptors (Lipinski definition) is 5. The van der Waals surface area contributed by atoms with Crippen LogP contribution in [0.1, 0.15) is 57.2 Å². The molecule has 1 amide bonds. The van der Waals surface area contributed by atoms with Gasteiger partial charge in [0.2, 0.25) is 0 Å². The van der Waals surface area contributed by atoms with Gasteiger partial charge in [-0.05, 0) is 62.1 Å². The van der Waals surface area contributed by atoms with Gasteiger partial charge in [-0.3, -0.25) is 0 Å². The van der Waals surface area contributed by atoms with E-state index < -0.39 is 23.7 Å². The fourth-order valence-electron chi connectivity index (χ4n) is 3.07. The van der Waals surface area contributed by atoms with E-state index in [4.69, 9.17) is 14.2 Å². The van der Waals surface area contributed by atoms with Crippen molar-refractivity contribution in [3.63, 3.8) is 0 Å². The maximum Gasteiger partial charge on any atom is 0.408 e. The van der Waals surface area contributed by atoms with Crippen LogP contribution in [0.5, 0.6) is 11.5 Å². The average Bonchev–Trinajstić information content (AvgIpc) is 2.70. The zero-order valence-electron chi connectivity index (χ0n) is 19.6. The number of hydrogen-bond donors (Lipinski definition) is 2. The summed E-state index contributed by atoms with van der Waals surface area (Å²) in [6, 6.07) is 12.2. The molecule has 0 radical (unpaired) electrons. The molecule has 0 fully saturated rings. The molecule has 1 unspecified atom stereocenters. The fraction of sp³-hybridized carbons (Fsp3) is 0.440. The third-order valence-electron chi connectivity index (χ3n) is 4.71. The number of amides is 1. The van der Waals surface area contributed by atoms with Gasteiger partial charge < -0.3 is 24.6 Å². The van der Waals surface area contributed by atoms with E-state index in [2.05, 4.69) is 19.2 Å². The number of nitrogens with one attached hydrogen (secondary N) is 1. The minimum atomic E-state index is -1.14. The van der Waals surface area contributed by atoms with Crippen LogP contribution in [0.3, 0.4) is 0 Å². The Morgan fingerprint density at radius 2 is 1.72 bits per heavy atom. The van der Waals surface area contributed by atoms with Gasteiger partial charge in [0, 0.05) is 12.0 Å². The number of methoxy groups -OCH3 is 1. The summed E-state index contributed by atoms with van der Waals surface area (Å²) < 4.78 is 16.5. The summed E-state index contributed by atoms with van der Waals surface area (Å²) in [4.78, 5) is 23.7. The highest BCUT2D eigenvalue weighted by atomic mass is 16.6. The standard InChI is InChI=1S/C25H33NO6/c1-16(2)18-8-10-20(11-9-18)31-15-19-13-17(7-12-22(19)30-6)14-21(23(27)28)26-24(29)32-25(3,4)5/h7-13,16,21H,14-15H2,1-6H3,(H,26,29)(H,27,28). The van der Waals surface area contributed by atoms with E-state index in [0.717, 1.165) is 16.9 Å². The molecule has 7 heteroatoms. The van der Waals surface area contributed by atoms with Gasteiger partial charge in [0.05, 0.1) is 7.11 Å². The van der Waals surface area contributed by atoms with E-state index in [-0.39, 0.29) is 13.0 Å². The van der Waals surface area contributed by atoms with E-state index in [1.54, 1.807) is 40.0 Å². The number of carboxylic acid groups (broad SMARTS) is 1. The van der Waals surface area contributed by atoms with Crippen LogP contribution in [-0.4, -0.2) is 35.9 Å². The summed E-state index contributed by atoms with van der Waals surface area (Å²) >= 11 is 0. The van der Waals surface area contributed by atoms with Crippen LogP contribution >= 0.6 is 0 Å². The second-order valence-corrected chi connectivity index (χ2v) is 8.90. The Morgan fingerprint density at radius 3 is 2.25 bits per heavy atom. The predicted octanol–water partition coefficient (Wildman–Crippen LogP) is 4.92. The van der Waals surface area contributed by atoms with Crippen molar-refractivity contribution in [2.24, 2.45) is 0 Å². The molecule has 7 nitrogen and oxygen atoms in total. The fourth-order valence-corrected chi connectivity index (χ4v) is 3.07. The van der Waals surface area contributed by atoms with Crippen LogP contribution in [0.2, 0.25) is 0 Å². The molecule has 0 aliphatic carbocycles. The Morgan fingerprint density at radius 1 is 1.06 bits per heavy atom. The molecule has 0 aliphatic heterocycles. The van der Waals surface area contributed by atoms with Crippen molar-refractivity contribution in [3.05, 3.63) is 59.2 Å². The largest absolute Gasteiger partial charge is 0.496 e. The third-order valence-corrected chi connectivity index (χ3v) is 4.71. The third kappa shape index (κ3) is 7.80. The molecule has 0 bridgehead atoms. The van der Waals surface area contributed by atoms with Crippen molar-refractivity contribution in [2.75, 3.05) is 7.11 Å². The first-order chi connectivity index (χ1) is 15.0. The van der Waals surface area contributed by atoms with Gasteiger partial charge in [-0.25, -0.2) is 9.59 Å². The summed E-state index contributed by atoms with van der Waals surface area (Å²) in [5.74, 6) is 0.670. The van der Waals surface area contributed by atoms with Gasteiger partial charge in [-0.15, -0.1) is 0 Å². The Bertz CT molecular complexity index is 915. The Kier molecular flexibility index (Phi) is 8.52. The Hall–Kier alpha value is -3.22. The molecule has 32 heavy (non-hydrogen) atoms. The molecule has 0 heterocycles. The highest BCUT2D eigenvalue weighted by molar-refractivity contribution is 5.80. The normalized spacial score (nSPS) is 12.2. The summed E-state index contributed by atoms with van der Waals surface area (Å²) in [6.07, 6.45) is -0.680. The predicted molar refractivity (Wildman–Crippen MR) is 122 cm³/mol. The number of rotatable bonds is 9. The highest BCUT2D eigenvalue weighted by Crippen LogP contribution is 2.24. The number of carbonyl (C=O) groups excluding carboxylic acids is 1. The molecule has 0 saturated heterocycles. The first-order valence-electron chi connectivity index (χ1n) is 10.6. The van der Waals surface area contributed by atoms with Crippen LogP contribution in [0, 0.1) is 0 Å². The summed E-state index contributed by atoms with van der Waals surface area (Å²) in [6.45, 7) is 9.68. The zero-order valence-corrected chi connectivity index (χ0v) is 19.6. The van der Waals surface area contributed by atoms with E-state index in [0.29, 0.717) is 11.7 Å². The first kappa shape index (κ1) is 25.0. The van der Waals surface area contributed by atoms with Crippen molar-refractivity contribution in [2.45, 2.75) is 65.2 Å². The average molecular weight is 444 g/mol. The van der Waals surface area contributed by atoms with Gasteiger partial charge in [-0.1, -0.05) is 32.0 Å². The maximum absolute atomic E-state index is 12.0. The summed E-state index contributed by atoms with van der Waals surface area (Å²) in [5, 5.41) is 12.0. The molecule has 174 valence electrons. The van der Waals surface area contributed by atoms with Crippen molar-refractivity contribution in [1.82, 2.24) is 5.32 Å². The molecule has 2 N–H and O–H groups in total. The van der Waals surface area contributed by atoms with Crippen molar-refractivity contribution in [3.8, 4) is 11.5 Å². The quantitative estimate of drug-likeness (QED) is 0.571. The molecule has 2 aromatic rings. The molecule has 0 saturated carbocycles. The molecule has 1 atom stereocenters. The lowest BCUT2D eigenvalue weighted by molar-refractivity contribution is -0.139. The highest BCUT2D eigenvalue weighted by Gasteiger charge is 2.24. The van der Waals surface area contributed by atoms with E-state index in [1.807, 2.05) is 30.3 Å². The summed E-state index contributed by atoms with van der Waals surface area (Å²) in [7, 11) is 1.57. The topological polar surface area (TPSA) is 94.1 Å². The van der Waals surface area contributed by atoms with E-state index in [9.17, 15) is 14.7 Å². The second-order valence-electron chi connectivity index (χ2n) is 8.90. The summed E-state index contributed by atoms with van der Waals surface area (Å²) in [5.41, 5.74) is 2.02. The number of alkyl carbamates (subject to hydrolysis) is 1. The number of ether oxygens (including phenoxy) is 3. The van der Waals surface area contributed by atoms with Gasteiger partial charge in [-0.2, -0.15) is 0 Å². The molecule has 0 aliphatic rings. The lowest BCUT2D eigenvalue weighted by Crippen LogP contribution is -2.44. The molecular formula is C25H33NO6. The first-order valence-corrected chi connectivity index (χ1v) is 10.6. The van der Waals surface area contributed by atoms with E-state index in [1.165, 1.54) is 5.56 Å². The monoisotopic (exact) mass is 443 g/mol. The minimum Gasteiger partial charge on any atom is -0.496 e. The smallest absolute Gasteiger partial charge is 0.408 e. The molecular weight excluding hydrogens is 410 g/mol.